The highest BCUT2D eigenvalue weighted by atomic mass is 35.5. The van der Waals surface area contributed by atoms with Gasteiger partial charge in [0.05, 0.1) is 17.7 Å². The molecule has 0 unspecified atom stereocenters. The lowest BCUT2D eigenvalue weighted by molar-refractivity contribution is 0.00695. The third kappa shape index (κ3) is 4.21. The fraction of sp³-hybridized carbons (Fsp3) is 0.480. The van der Waals surface area contributed by atoms with Crippen molar-refractivity contribution < 1.29 is 14.3 Å². The molecule has 0 radical (unpaired) electrons. The molecule has 0 aromatic heterocycles. The minimum atomic E-state index is -0.569. The smallest absolute Gasteiger partial charge is 0.338 e. The van der Waals surface area contributed by atoms with E-state index in [1.165, 1.54) is 24.8 Å². The highest BCUT2D eigenvalue weighted by molar-refractivity contribution is 6.33. The predicted molar refractivity (Wildman–Crippen MR) is 121 cm³/mol. The van der Waals surface area contributed by atoms with Crippen LogP contribution in [0.15, 0.2) is 36.4 Å². The minimum Gasteiger partial charge on any atom is -0.495 e. The van der Waals surface area contributed by atoms with E-state index < -0.39 is 11.6 Å². The van der Waals surface area contributed by atoms with Crippen LogP contribution in [0.2, 0.25) is 5.02 Å². The summed E-state index contributed by atoms with van der Waals surface area (Å²) in [7, 11) is 1.59. The summed E-state index contributed by atoms with van der Waals surface area (Å²) in [6.45, 7) is 7.80. The zero-order chi connectivity index (χ0) is 21.5. The maximum absolute atomic E-state index is 12.6. The van der Waals surface area contributed by atoms with Crippen LogP contribution in [0, 0.1) is 5.41 Å². The Morgan fingerprint density at radius 1 is 1.13 bits per heavy atom. The molecule has 1 aliphatic heterocycles. The molecule has 5 heteroatoms. The van der Waals surface area contributed by atoms with E-state index in [9.17, 15) is 4.79 Å². The van der Waals surface area contributed by atoms with Crippen molar-refractivity contribution in [1.29, 1.82) is 0 Å². The molecule has 0 amide bonds. The zero-order valence-electron chi connectivity index (χ0n) is 18.2. The van der Waals surface area contributed by atoms with E-state index >= 15 is 0 Å². The van der Waals surface area contributed by atoms with Crippen LogP contribution in [0.3, 0.4) is 0 Å². The maximum Gasteiger partial charge on any atom is 0.338 e. The molecule has 1 saturated heterocycles. The second-order valence-corrected chi connectivity index (χ2v) is 9.94. The molecular weight excluding hydrogens is 398 g/mol. The van der Waals surface area contributed by atoms with E-state index in [-0.39, 0.29) is 0 Å². The number of hydrogen-bond acceptors (Lipinski definition) is 4. The van der Waals surface area contributed by atoms with Crippen LogP contribution in [-0.4, -0.2) is 31.8 Å². The molecule has 1 aliphatic carbocycles. The maximum atomic E-state index is 12.6. The highest BCUT2D eigenvalue weighted by Gasteiger charge is 2.54. The van der Waals surface area contributed by atoms with Crippen LogP contribution >= 0.6 is 11.6 Å². The fourth-order valence-corrected chi connectivity index (χ4v) is 4.96. The van der Waals surface area contributed by atoms with Crippen LogP contribution in [0.4, 0.5) is 0 Å². The van der Waals surface area contributed by atoms with Crippen molar-refractivity contribution in [1.82, 2.24) is 5.32 Å². The van der Waals surface area contributed by atoms with Gasteiger partial charge in [-0.25, -0.2) is 4.79 Å². The molecule has 4 nitrogen and oxygen atoms in total. The quantitative estimate of drug-likeness (QED) is 0.624. The number of benzene rings is 2. The van der Waals surface area contributed by atoms with Gasteiger partial charge in [-0.05, 0) is 87.7 Å². The summed E-state index contributed by atoms with van der Waals surface area (Å²) in [6, 6.07) is 12.1. The number of hydrogen-bond donors (Lipinski definition) is 1. The van der Waals surface area contributed by atoms with Gasteiger partial charge in [0.25, 0.3) is 0 Å². The molecule has 30 heavy (non-hydrogen) atoms. The monoisotopic (exact) mass is 427 g/mol. The Kier molecular flexibility index (Phi) is 5.58. The van der Waals surface area contributed by atoms with Gasteiger partial charge in [-0.3, -0.25) is 0 Å². The molecule has 1 heterocycles. The van der Waals surface area contributed by atoms with Crippen LogP contribution in [0.25, 0.3) is 11.1 Å². The van der Waals surface area contributed by atoms with Crippen LogP contribution in [-0.2, 0) is 4.74 Å². The van der Waals surface area contributed by atoms with Crippen molar-refractivity contribution in [2.75, 3.05) is 20.2 Å². The van der Waals surface area contributed by atoms with Crippen molar-refractivity contribution >= 4 is 17.6 Å². The zero-order valence-corrected chi connectivity index (χ0v) is 18.9. The van der Waals surface area contributed by atoms with E-state index in [2.05, 4.69) is 29.6 Å². The molecule has 2 aromatic rings. The molecule has 2 aliphatic rings. The summed E-state index contributed by atoms with van der Waals surface area (Å²) in [5.74, 6) is 0.834. The lowest BCUT2D eigenvalue weighted by atomic mass is 9.89. The van der Waals surface area contributed by atoms with Crippen LogP contribution in [0.5, 0.6) is 5.75 Å². The molecular formula is C25H30ClNO3. The SMILES string of the molecule is COc1c(Cl)cc(C(=O)OC(C)(C)C)cc1-c1ccc([C@H]2CC23CCNCC3)cc1. The molecule has 160 valence electrons. The predicted octanol–water partition coefficient (Wildman–Crippen LogP) is 5.83. The number of carbonyl (C=O) groups excluding carboxylic acids is 1. The van der Waals surface area contributed by atoms with Crippen molar-refractivity contribution in [3.05, 3.63) is 52.5 Å². The van der Waals surface area contributed by atoms with E-state index in [0.717, 1.165) is 24.2 Å². The third-order valence-electron chi connectivity index (χ3n) is 6.30. The van der Waals surface area contributed by atoms with Crippen molar-refractivity contribution in [2.24, 2.45) is 5.41 Å². The summed E-state index contributed by atoms with van der Waals surface area (Å²) in [6.07, 6.45) is 3.82. The van der Waals surface area contributed by atoms with Gasteiger partial charge < -0.3 is 14.8 Å². The first kappa shape index (κ1) is 21.2. The van der Waals surface area contributed by atoms with E-state index in [4.69, 9.17) is 21.1 Å². The summed E-state index contributed by atoms with van der Waals surface area (Å²) in [5.41, 5.74) is 3.53. The Morgan fingerprint density at radius 3 is 2.40 bits per heavy atom. The molecule has 1 spiro atoms. The lowest BCUT2D eigenvalue weighted by Gasteiger charge is -2.23. The van der Waals surface area contributed by atoms with Crippen molar-refractivity contribution in [3.8, 4) is 16.9 Å². The van der Waals surface area contributed by atoms with Crippen LogP contribution in [0.1, 0.15) is 61.9 Å². The van der Waals surface area contributed by atoms with Gasteiger partial charge >= 0.3 is 5.97 Å². The summed E-state index contributed by atoms with van der Waals surface area (Å²) >= 11 is 6.45. The van der Waals surface area contributed by atoms with Gasteiger partial charge in [-0.15, -0.1) is 0 Å². The number of carbonyl (C=O) groups is 1. The number of ether oxygens (including phenoxy) is 2. The standard InChI is InChI=1S/C25H30ClNO3/c1-24(2,3)30-23(28)18-13-19(22(29-4)21(26)14-18)16-5-7-17(8-6-16)20-15-25(20)9-11-27-12-10-25/h5-8,13-14,20,27H,9-12,15H2,1-4H3/t20-/m1/s1. The number of piperidine rings is 1. The average molecular weight is 428 g/mol. The van der Waals surface area contributed by atoms with Gasteiger partial charge in [-0.2, -0.15) is 0 Å². The van der Waals surface area contributed by atoms with E-state index in [0.29, 0.717) is 27.7 Å². The first-order valence-electron chi connectivity index (χ1n) is 10.6. The van der Waals surface area contributed by atoms with Crippen molar-refractivity contribution in [3.63, 3.8) is 0 Å². The molecule has 1 saturated carbocycles. The number of nitrogens with one attached hydrogen (secondary N) is 1. The average Bonchev–Trinajstić information content (AvgIpc) is 3.39. The summed E-state index contributed by atoms with van der Waals surface area (Å²) in [4.78, 5) is 12.6. The Labute approximate surface area is 183 Å². The Morgan fingerprint density at radius 2 is 1.80 bits per heavy atom. The van der Waals surface area contributed by atoms with Crippen molar-refractivity contribution in [2.45, 2.75) is 51.6 Å². The Hall–Kier alpha value is -2.04. The molecule has 2 fully saturated rings. The first-order chi connectivity index (χ1) is 14.2. The largest absolute Gasteiger partial charge is 0.495 e. The normalized spacial score (nSPS) is 20.1. The number of methoxy groups -OCH3 is 1. The van der Waals surface area contributed by atoms with Crippen LogP contribution < -0.4 is 10.1 Å². The topological polar surface area (TPSA) is 47.6 Å². The Bertz CT molecular complexity index is 940. The molecule has 0 bridgehead atoms. The Balaban J connectivity index is 1.62. The minimum absolute atomic E-state index is 0.393. The first-order valence-corrected chi connectivity index (χ1v) is 11.0. The van der Waals surface area contributed by atoms with Gasteiger partial charge in [-0.1, -0.05) is 35.9 Å². The summed E-state index contributed by atoms with van der Waals surface area (Å²) in [5, 5.41) is 3.86. The van der Waals surface area contributed by atoms with Gasteiger partial charge in [0.1, 0.15) is 11.4 Å². The number of esters is 1. The summed E-state index contributed by atoms with van der Waals surface area (Å²) < 4.78 is 11.1. The molecule has 1 N–H and O–H groups in total. The second-order valence-electron chi connectivity index (χ2n) is 9.53. The molecule has 1 atom stereocenters. The van der Waals surface area contributed by atoms with Gasteiger partial charge in [0, 0.05) is 5.56 Å². The lowest BCUT2D eigenvalue weighted by Crippen LogP contribution is -2.29. The van der Waals surface area contributed by atoms with Gasteiger partial charge in [0.15, 0.2) is 0 Å². The van der Waals surface area contributed by atoms with E-state index in [1.54, 1.807) is 19.2 Å². The number of rotatable bonds is 4. The fourth-order valence-electron chi connectivity index (χ4n) is 4.66. The van der Waals surface area contributed by atoms with Gasteiger partial charge in [0.2, 0.25) is 0 Å². The second kappa shape index (κ2) is 7.90. The molecule has 2 aromatic carbocycles. The highest BCUT2D eigenvalue weighted by Crippen LogP contribution is 2.64. The number of halogens is 1. The third-order valence-corrected chi connectivity index (χ3v) is 6.58. The van der Waals surface area contributed by atoms with E-state index in [1.807, 2.05) is 20.8 Å². The molecule has 4 rings (SSSR count).